The van der Waals surface area contributed by atoms with Gasteiger partial charge < -0.3 is 5.73 Å². The minimum atomic E-state index is 0.686. The van der Waals surface area contributed by atoms with E-state index in [2.05, 4.69) is 12.1 Å². The highest BCUT2D eigenvalue weighted by Crippen LogP contribution is 2.42. The second kappa shape index (κ2) is 3.81. The van der Waals surface area contributed by atoms with Crippen LogP contribution in [0.3, 0.4) is 0 Å². The summed E-state index contributed by atoms with van der Waals surface area (Å²) in [6, 6.07) is 8.16. The largest absolute Gasteiger partial charge is 0.330 e. The van der Waals surface area contributed by atoms with Crippen molar-refractivity contribution in [1.82, 2.24) is 0 Å². The van der Waals surface area contributed by atoms with Crippen LogP contribution in [0.15, 0.2) is 18.2 Å². The Kier molecular flexibility index (Phi) is 2.51. The van der Waals surface area contributed by atoms with Gasteiger partial charge in [-0.05, 0) is 55.0 Å². The van der Waals surface area contributed by atoms with Crippen LogP contribution in [-0.2, 0) is 6.42 Å². The maximum atomic E-state index is 8.81. The molecule has 0 spiro atoms. The molecule has 1 aliphatic carbocycles. The van der Waals surface area contributed by atoms with Crippen LogP contribution in [0.1, 0.15) is 35.4 Å². The second-order valence-electron chi connectivity index (χ2n) is 3.84. The van der Waals surface area contributed by atoms with Crippen LogP contribution in [0, 0.1) is 11.3 Å². The average Bonchev–Trinajstić information content (AvgIpc) is 3.02. The van der Waals surface area contributed by atoms with Crippen LogP contribution < -0.4 is 5.73 Å². The van der Waals surface area contributed by atoms with Gasteiger partial charge in [-0.25, -0.2) is 0 Å². The van der Waals surface area contributed by atoms with Crippen molar-refractivity contribution >= 4 is 0 Å². The molecule has 72 valence electrons. The zero-order chi connectivity index (χ0) is 9.97. The summed E-state index contributed by atoms with van der Waals surface area (Å²) < 4.78 is 0. The first kappa shape index (κ1) is 9.23. The number of nitrogens with two attached hydrogens (primary N) is 1. The van der Waals surface area contributed by atoms with Crippen molar-refractivity contribution in [3.8, 4) is 6.07 Å². The minimum absolute atomic E-state index is 0.686. The lowest BCUT2D eigenvalue weighted by atomic mass is 9.98. The Morgan fingerprint density at radius 1 is 1.43 bits per heavy atom. The Morgan fingerprint density at radius 2 is 2.21 bits per heavy atom. The van der Waals surface area contributed by atoms with Crippen LogP contribution in [0.5, 0.6) is 0 Å². The molecule has 0 unspecified atom stereocenters. The van der Waals surface area contributed by atoms with E-state index >= 15 is 0 Å². The molecule has 0 atom stereocenters. The van der Waals surface area contributed by atoms with Crippen molar-refractivity contribution in [1.29, 1.82) is 5.26 Å². The zero-order valence-corrected chi connectivity index (χ0v) is 8.16. The van der Waals surface area contributed by atoms with E-state index in [0.29, 0.717) is 12.5 Å². The number of nitrogens with zero attached hydrogens (tertiary/aromatic N) is 1. The molecule has 1 aliphatic rings. The third-order valence-corrected chi connectivity index (χ3v) is 2.71. The summed E-state index contributed by atoms with van der Waals surface area (Å²) in [5, 5.41) is 8.81. The summed E-state index contributed by atoms with van der Waals surface area (Å²) in [7, 11) is 0. The lowest BCUT2D eigenvalue weighted by Gasteiger charge is -2.07. The van der Waals surface area contributed by atoms with Crippen LogP contribution >= 0.6 is 0 Å². The third kappa shape index (κ3) is 1.78. The molecule has 1 saturated carbocycles. The number of benzene rings is 1. The highest BCUT2D eigenvalue weighted by Gasteiger charge is 2.25. The molecule has 1 aromatic carbocycles. The summed E-state index contributed by atoms with van der Waals surface area (Å²) in [6.07, 6.45) is 3.47. The highest BCUT2D eigenvalue weighted by atomic mass is 14.5. The number of rotatable bonds is 3. The topological polar surface area (TPSA) is 49.8 Å². The molecule has 1 fully saturated rings. The summed E-state index contributed by atoms with van der Waals surface area (Å²) in [5.74, 6) is 0.699. The van der Waals surface area contributed by atoms with E-state index in [1.165, 1.54) is 24.0 Å². The molecule has 0 saturated heterocycles. The smallest absolute Gasteiger partial charge is 0.0991 e. The average molecular weight is 186 g/mol. The molecule has 1 aromatic rings. The Labute approximate surface area is 84.3 Å². The van der Waals surface area contributed by atoms with Crippen molar-refractivity contribution in [2.24, 2.45) is 5.73 Å². The van der Waals surface area contributed by atoms with E-state index < -0.39 is 0 Å². The van der Waals surface area contributed by atoms with Crippen LogP contribution in [0.4, 0.5) is 0 Å². The first-order valence-corrected chi connectivity index (χ1v) is 5.08. The van der Waals surface area contributed by atoms with Crippen molar-refractivity contribution in [3.05, 3.63) is 34.9 Å². The van der Waals surface area contributed by atoms with Gasteiger partial charge in [0.15, 0.2) is 0 Å². The molecular weight excluding hydrogens is 172 g/mol. The molecule has 2 rings (SSSR count). The van der Waals surface area contributed by atoms with Gasteiger partial charge in [0.05, 0.1) is 11.6 Å². The number of hydrogen-bond donors (Lipinski definition) is 1. The molecule has 14 heavy (non-hydrogen) atoms. The lowest BCUT2D eigenvalue weighted by molar-refractivity contribution is 0.935. The quantitative estimate of drug-likeness (QED) is 0.784. The van der Waals surface area contributed by atoms with Crippen molar-refractivity contribution in [2.45, 2.75) is 25.2 Å². The molecule has 0 radical (unpaired) electrons. The maximum absolute atomic E-state index is 8.81. The molecule has 0 bridgehead atoms. The standard InChI is InChI=1S/C12H14N2/c13-6-5-11-2-1-9(8-14)7-12(11)10-3-4-10/h1-2,7,10H,3-6,13H2. The fourth-order valence-electron chi connectivity index (χ4n) is 1.82. The molecule has 2 N–H and O–H groups in total. The van der Waals surface area contributed by atoms with Gasteiger partial charge in [-0.15, -0.1) is 0 Å². The van der Waals surface area contributed by atoms with Gasteiger partial charge in [0, 0.05) is 0 Å². The predicted octanol–water partition coefficient (Wildman–Crippen LogP) is 1.94. The van der Waals surface area contributed by atoms with Crippen LogP contribution in [0.25, 0.3) is 0 Å². The normalized spacial score (nSPS) is 15.1. The van der Waals surface area contributed by atoms with E-state index in [9.17, 15) is 0 Å². The molecule has 0 amide bonds. The fourth-order valence-corrected chi connectivity index (χ4v) is 1.82. The van der Waals surface area contributed by atoms with Crippen LogP contribution in [-0.4, -0.2) is 6.54 Å². The Morgan fingerprint density at radius 3 is 2.79 bits per heavy atom. The van der Waals surface area contributed by atoms with E-state index in [1.807, 2.05) is 12.1 Å². The van der Waals surface area contributed by atoms with Crippen molar-refractivity contribution < 1.29 is 0 Å². The Bertz CT molecular complexity index is 372. The van der Waals surface area contributed by atoms with E-state index in [4.69, 9.17) is 11.0 Å². The van der Waals surface area contributed by atoms with Gasteiger partial charge in [0.25, 0.3) is 0 Å². The zero-order valence-electron chi connectivity index (χ0n) is 8.16. The molecular formula is C12H14N2. The van der Waals surface area contributed by atoms with Gasteiger partial charge in [-0.3, -0.25) is 0 Å². The SMILES string of the molecule is N#Cc1ccc(CCN)c(C2CC2)c1. The van der Waals surface area contributed by atoms with Gasteiger partial charge in [-0.1, -0.05) is 6.07 Å². The lowest BCUT2D eigenvalue weighted by Crippen LogP contribution is -2.05. The Balaban J connectivity index is 2.34. The first-order valence-electron chi connectivity index (χ1n) is 5.08. The summed E-state index contributed by atoms with van der Waals surface area (Å²) >= 11 is 0. The highest BCUT2D eigenvalue weighted by molar-refractivity contribution is 5.41. The minimum Gasteiger partial charge on any atom is -0.330 e. The van der Waals surface area contributed by atoms with Crippen molar-refractivity contribution in [2.75, 3.05) is 6.54 Å². The molecule has 0 heterocycles. The molecule has 2 nitrogen and oxygen atoms in total. The van der Waals surface area contributed by atoms with Crippen molar-refractivity contribution in [3.63, 3.8) is 0 Å². The number of nitriles is 1. The maximum Gasteiger partial charge on any atom is 0.0991 e. The number of hydrogen-bond acceptors (Lipinski definition) is 2. The monoisotopic (exact) mass is 186 g/mol. The van der Waals surface area contributed by atoms with Crippen LogP contribution in [0.2, 0.25) is 0 Å². The van der Waals surface area contributed by atoms with E-state index in [-0.39, 0.29) is 0 Å². The molecule has 0 aliphatic heterocycles. The summed E-state index contributed by atoms with van der Waals surface area (Å²) in [4.78, 5) is 0. The Hall–Kier alpha value is -1.33. The van der Waals surface area contributed by atoms with E-state index in [0.717, 1.165) is 12.0 Å². The first-order chi connectivity index (χ1) is 6.85. The van der Waals surface area contributed by atoms with Gasteiger partial charge in [0.1, 0.15) is 0 Å². The molecule has 0 aromatic heterocycles. The summed E-state index contributed by atoms with van der Waals surface area (Å²) in [6.45, 7) is 0.686. The predicted molar refractivity (Wildman–Crippen MR) is 55.9 cm³/mol. The van der Waals surface area contributed by atoms with Gasteiger partial charge in [0.2, 0.25) is 0 Å². The van der Waals surface area contributed by atoms with Gasteiger partial charge >= 0.3 is 0 Å². The second-order valence-corrected chi connectivity index (χ2v) is 3.84. The fraction of sp³-hybridized carbons (Fsp3) is 0.417. The molecule has 2 heteroatoms. The third-order valence-electron chi connectivity index (χ3n) is 2.71. The van der Waals surface area contributed by atoms with E-state index in [1.54, 1.807) is 0 Å². The summed E-state index contributed by atoms with van der Waals surface area (Å²) in [5.41, 5.74) is 9.01. The van der Waals surface area contributed by atoms with Gasteiger partial charge in [-0.2, -0.15) is 5.26 Å².